The first-order chi connectivity index (χ1) is 9.70. The summed E-state index contributed by atoms with van der Waals surface area (Å²) in [6.45, 7) is 2.28. The zero-order chi connectivity index (χ0) is 13.9. The highest BCUT2D eigenvalue weighted by molar-refractivity contribution is 7.15. The molecule has 0 spiro atoms. The SMILES string of the molecule is Cc1ccc(-c2noc(COc3ccc(Cl)cc3)n2)s1. The lowest BCUT2D eigenvalue weighted by Gasteiger charge is -2.01. The molecule has 0 N–H and O–H groups in total. The van der Waals surface area contributed by atoms with Gasteiger partial charge in [0.25, 0.3) is 5.89 Å². The molecule has 4 nitrogen and oxygen atoms in total. The van der Waals surface area contributed by atoms with Crippen LogP contribution in [0.5, 0.6) is 5.75 Å². The Morgan fingerprint density at radius 2 is 2.00 bits per heavy atom. The summed E-state index contributed by atoms with van der Waals surface area (Å²) in [5.74, 6) is 1.75. The highest BCUT2D eigenvalue weighted by Crippen LogP contribution is 2.25. The predicted molar refractivity (Wildman–Crippen MR) is 78.1 cm³/mol. The maximum Gasteiger partial charge on any atom is 0.264 e. The van der Waals surface area contributed by atoms with E-state index in [1.165, 1.54) is 4.88 Å². The standard InChI is InChI=1S/C14H11ClN2O2S/c1-9-2-7-12(20-9)14-16-13(19-17-14)8-18-11-5-3-10(15)4-6-11/h2-7H,8H2,1H3. The van der Waals surface area contributed by atoms with Crippen molar-refractivity contribution in [3.63, 3.8) is 0 Å². The maximum absolute atomic E-state index is 5.81. The zero-order valence-corrected chi connectivity index (χ0v) is 12.2. The molecule has 3 rings (SSSR count). The number of rotatable bonds is 4. The molecule has 0 bridgehead atoms. The van der Waals surface area contributed by atoms with Crippen LogP contribution in [0.4, 0.5) is 0 Å². The van der Waals surface area contributed by atoms with Crippen molar-refractivity contribution in [2.75, 3.05) is 0 Å². The summed E-state index contributed by atoms with van der Waals surface area (Å²) in [4.78, 5) is 6.51. The van der Waals surface area contributed by atoms with Crippen molar-refractivity contribution in [1.29, 1.82) is 0 Å². The van der Waals surface area contributed by atoms with Crippen molar-refractivity contribution in [3.8, 4) is 16.5 Å². The molecule has 0 aliphatic heterocycles. The van der Waals surface area contributed by atoms with E-state index in [1.807, 2.05) is 19.1 Å². The molecule has 1 aromatic carbocycles. The fourth-order valence-electron chi connectivity index (χ4n) is 1.64. The normalized spacial score (nSPS) is 10.7. The Hall–Kier alpha value is -1.85. The summed E-state index contributed by atoms with van der Waals surface area (Å²) in [5, 5.41) is 4.62. The minimum atomic E-state index is 0.235. The van der Waals surface area contributed by atoms with Gasteiger partial charge in [0, 0.05) is 9.90 Å². The average Bonchev–Trinajstić information content (AvgIpc) is 3.07. The minimum Gasteiger partial charge on any atom is -0.484 e. The van der Waals surface area contributed by atoms with E-state index in [2.05, 4.69) is 10.1 Å². The van der Waals surface area contributed by atoms with Gasteiger partial charge < -0.3 is 9.26 Å². The molecule has 0 atom stereocenters. The number of benzene rings is 1. The number of ether oxygens (including phenoxy) is 1. The Labute approximate surface area is 125 Å². The van der Waals surface area contributed by atoms with E-state index in [0.717, 1.165) is 4.88 Å². The second-order valence-electron chi connectivity index (χ2n) is 4.16. The van der Waals surface area contributed by atoms with Crippen LogP contribution in [0.1, 0.15) is 10.8 Å². The molecule has 0 unspecified atom stereocenters. The van der Waals surface area contributed by atoms with Gasteiger partial charge in [-0.25, -0.2) is 0 Å². The van der Waals surface area contributed by atoms with E-state index >= 15 is 0 Å². The summed E-state index contributed by atoms with van der Waals surface area (Å²) in [7, 11) is 0. The predicted octanol–water partition coefficient (Wildman–Crippen LogP) is 4.34. The van der Waals surface area contributed by atoms with Gasteiger partial charge in [0.1, 0.15) is 5.75 Å². The number of hydrogen-bond acceptors (Lipinski definition) is 5. The van der Waals surface area contributed by atoms with Crippen LogP contribution in [0.3, 0.4) is 0 Å². The first kappa shape index (κ1) is 13.1. The first-order valence-electron chi connectivity index (χ1n) is 5.98. The van der Waals surface area contributed by atoms with Gasteiger partial charge in [-0.3, -0.25) is 0 Å². The largest absolute Gasteiger partial charge is 0.484 e. The lowest BCUT2D eigenvalue weighted by atomic mass is 10.3. The molecule has 0 aliphatic rings. The Morgan fingerprint density at radius 3 is 2.70 bits per heavy atom. The molecule has 0 aliphatic carbocycles. The summed E-state index contributed by atoms with van der Waals surface area (Å²) in [6, 6.07) is 11.1. The van der Waals surface area contributed by atoms with Crippen LogP contribution >= 0.6 is 22.9 Å². The lowest BCUT2D eigenvalue weighted by Crippen LogP contribution is -1.95. The average molecular weight is 307 g/mol. The van der Waals surface area contributed by atoms with Crippen molar-refractivity contribution in [2.24, 2.45) is 0 Å². The molecule has 0 radical (unpaired) electrons. The molecular weight excluding hydrogens is 296 g/mol. The molecule has 20 heavy (non-hydrogen) atoms. The number of thiophene rings is 1. The van der Waals surface area contributed by atoms with E-state index < -0.39 is 0 Å². The van der Waals surface area contributed by atoms with Crippen molar-refractivity contribution in [1.82, 2.24) is 10.1 Å². The van der Waals surface area contributed by atoms with E-state index in [9.17, 15) is 0 Å². The molecule has 6 heteroatoms. The number of hydrogen-bond donors (Lipinski definition) is 0. The summed E-state index contributed by atoms with van der Waals surface area (Å²) < 4.78 is 10.7. The quantitative estimate of drug-likeness (QED) is 0.719. The molecular formula is C14H11ClN2O2S. The van der Waals surface area contributed by atoms with Crippen molar-refractivity contribution < 1.29 is 9.26 Å². The van der Waals surface area contributed by atoms with Crippen LogP contribution in [0.15, 0.2) is 40.9 Å². The van der Waals surface area contributed by atoms with Gasteiger partial charge in [-0.15, -0.1) is 11.3 Å². The van der Waals surface area contributed by atoms with E-state index in [0.29, 0.717) is 22.5 Å². The summed E-state index contributed by atoms with van der Waals surface area (Å²) in [6.07, 6.45) is 0. The monoisotopic (exact) mass is 306 g/mol. The molecule has 2 heterocycles. The number of aromatic nitrogens is 2. The smallest absolute Gasteiger partial charge is 0.264 e. The lowest BCUT2D eigenvalue weighted by molar-refractivity contribution is 0.243. The molecule has 0 saturated heterocycles. The van der Waals surface area contributed by atoms with Crippen molar-refractivity contribution in [3.05, 3.63) is 52.2 Å². The third kappa shape index (κ3) is 3.00. The fraction of sp³-hybridized carbons (Fsp3) is 0.143. The topological polar surface area (TPSA) is 48.2 Å². The molecule has 102 valence electrons. The number of aryl methyl sites for hydroxylation is 1. The van der Waals surface area contributed by atoms with E-state index in [-0.39, 0.29) is 6.61 Å². The van der Waals surface area contributed by atoms with Gasteiger partial charge in [-0.05, 0) is 43.3 Å². The van der Waals surface area contributed by atoms with Gasteiger partial charge in [-0.1, -0.05) is 16.8 Å². The maximum atomic E-state index is 5.81. The number of nitrogens with zero attached hydrogens (tertiary/aromatic N) is 2. The molecule has 0 fully saturated rings. The van der Waals surface area contributed by atoms with Crippen molar-refractivity contribution in [2.45, 2.75) is 13.5 Å². The Balaban J connectivity index is 1.67. The Bertz CT molecular complexity index is 706. The van der Waals surface area contributed by atoms with Gasteiger partial charge >= 0.3 is 0 Å². The highest BCUT2D eigenvalue weighted by atomic mass is 35.5. The molecule has 0 amide bonds. The highest BCUT2D eigenvalue weighted by Gasteiger charge is 2.10. The molecule has 3 aromatic rings. The van der Waals surface area contributed by atoms with E-state index in [1.54, 1.807) is 35.6 Å². The van der Waals surface area contributed by atoms with Crippen molar-refractivity contribution >= 4 is 22.9 Å². The fourth-order valence-corrected chi connectivity index (χ4v) is 2.56. The summed E-state index contributed by atoms with van der Waals surface area (Å²) >= 11 is 7.44. The third-order valence-electron chi connectivity index (χ3n) is 2.60. The van der Waals surface area contributed by atoms with Crippen LogP contribution in [-0.2, 0) is 6.61 Å². The minimum absolute atomic E-state index is 0.235. The van der Waals surface area contributed by atoms with Crippen LogP contribution in [0, 0.1) is 6.92 Å². The van der Waals surface area contributed by atoms with Gasteiger partial charge in [0.2, 0.25) is 5.82 Å². The zero-order valence-electron chi connectivity index (χ0n) is 10.7. The molecule has 0 saturated carbocycles. The Morgan fingerprint density at radius 1 is 1.20 bits per heavy atom. The Kier molecular flexibility index (Phi) is 3.71. The second kappa shape index (κ2) is 5.64. The van der Waals surface area contributed by atoms with Crippen LogP contribution < -0.4 is 4.74 Å². The first-order valence-corrected chi connectivity index (χ1v) is 7.18. The van der Waals surface area contributed by atoms with Crippen LogP contribution in [0.2, 0.25) is 5.02 Å². The van der Waals surface area contributed by atoms with Crippen LogP contribution in [0.25, 0.3) is 10.7 Å². The summed E-state index contributed by atoms with van der Waals surface area (Å²) in [5.41, 5.74) is 0. The van der Waals surface area contributed by atoms with Gasteiger partial charge in [-0.2, -0.15) is 4.98 Å². The van der Waals surface area contributed by atoms with E-state index in [4.69, 9.17) is 20.9 Å². The van der Waals surface area contributed by atoms with Crippen LogP contribution in [-0.4, -0.2) is 10.1 Å². The number of halogens is 1. The third-order valence-corrected chi connectivity index (χ3v) is 3.85. The van der Waals surface area contributed by atoms with Gasteiger partial charge in [0.15, 0.2) is 6.61 Å². The molecule has 2 aromatic heterocycles. The second-order valence-corrected chi connectivity index (χ2v) is 5.89. The van der Waals surface area contributed by atoms with Gasteiger partial charge in [0.05, 0.1) is 4.88 Å².